The second-order valence-electron chi connectivity index (χ2n) is 5.06. The maximum Gasteiger partial charge on any atom is 0.311 e. The van der Waals surface area contributed by atoms with E-state index >= 15 is 0 Å². The van der Waals surface area contributed by atoms with Gasteiger partial charge in [0.2, 0.25) is 0 Å². The first-order valence-corrected chi connectivity index (χ1v) is 5.53. The van der Waals surface area contributed by atoms with Gasteiger partial charge in [0, 0.05) is 0 Å². The van der Waals surface area contributed by atoms with Crippen molar-refractivity contribution in [1.82, 2.24) is 0 Å². The van der Waals surface area contributed by atoms with Gasteiger partial charge in [-0.3, -0.25) is 4.79 Å². The van der Waals surface area contributed by atoms with Crippen molar-refractivity contribution in [2.24, 2.45) is 10.8 Å². The van der Waals surface area contributed by atoms with Crippen LogP contribution < -0.4 is 0 Å². The Balaban J connectivity index is 4.85. The van der Waals surface area contributed by atoms with E-state index in [1.165, 1.54) is 7.11 Å². The number of hydrogen-bond donors (Lipinski definition) is 0. The molecule has 0 rings (SSSR count). The fraction of sp³-hybridized carbons (Fsp3) is 0.643. The smallest absolute Gasteiger partial charge is 0.311 e. The van der Waals surface area contributed by atoms with Crippen LogP contribution >= 0.6 is 0 Å². The summed E-state index contributed by atoms with van der Waals surface area (Å²) in [5.74, 6) is 2.31. The van der Waals surface area contributed by atoms with Crippen LogP contribution in [0.2, 0.25) is 0 Å². The number of carbonyl (C=O) groups is 1. The van der Waals surface area contributed by atoms with Gasteiger partial charge in [0.15, 0.2) is 0 Å². The number of hydrogen-bond acceptors (Lipinski definition) is 2. The van der Waals surface area contributed by atoms with Crippen molar-refractivity contribution in [3.8, 4) is 12.3 Å². The summed E-state index contributed by atoms with van der Waals surface area (Å²) in [6.45, 7) is 7.99. The van der Waals surface area contributed by atoms with Crippen LogP contribution in [0, 0.1) is 23.2 Å². The van der Waals surface area contributed by atoms with Crippen molar-refractivity contribution in [3.05, 3.63) is 12.2 Å². The van der Waals surface area contributed by atoms with E-state index in [0.717, 1.165) is 12.8 Å². The molecule has 90 valence electrons. The molecule has 2 nitrogen and oxygen atoms in total. The van der Waals surface area contributed by atoms with E-state index in [2.05, 4.69) is 19.8 Å². The molecule has 0 fully saturated rings. The van der Waals surface area contributed by atoms with Gasteiger partial charge in [-0.25, -0.2) is 0 Å². The molecule has 0 aromatic carbocycles. The average molecular weight is 222 g/mol. The highest BCUT2D eigenvalue weighted by molar-refractivity contribution is 5.75. The van der Waals surface area contributed by atoms with Crippen LogP contribution in [-0.4, -0.2) is 13.1 Å². The van der Waals surface area contributed by atoms with Crippen LogP contribution in [0.5, 0.6) is 0 Å². The Labute approximate surface area is 99.1 Å². The summed E-state index contributed by atoms with van der Waals surface area (Å²) in [5, 5.41) is 0. The molecule has 2 heteroatoms. The Bertz CT molecular complexity index is 307. The predicted molar refractivity (Wildman–Crippen MR) is 66.8 cm³/mol. The predicted octanol–water partition coefficient (Wildman–Crippen LogP) is 3.18. The van der Waals surface area contributed by atoms with Gasteiger partial charge in [0.1, 0.15) is 0 Å². The lowest BCUT2D eigenvalue weighted by Crippen LogP contribution is -2.31. The minimum atomic E-state index is -0.488. The molecule has 0 aliphatic rings. The maximum atomic E-state index is 11.6. The summed E-state index contributed by atoms with van der Waals surface area (Å²) in [6, 6.07) is 0. The first kappa shape index (κ1) is 14.8. The third-order valence-electron chi connectivity index (χ3n) is 2.97. The van der Waals surface area contributed by atoms with Gasteiger partial charge >= 0.3 is 5.97 Å². The highest BCUT2D eigenvalue weighted by Gasteiger charge is 2.35. The lowest BCUT2D eigenvalue weighted by atomic mass is 9.72. The highest BCUT2D eigenvalue weighted by atomic mass is 16.5. The quantitative estimate of drug-likeness (QED) is 0.527. The number of carbonyl (C=O) groups excluding carboxylic acids is 1. The fourth-order valence-electron chi connectivity index (χ4n) is 1.91. The first-order chi connectivity index (χ1) is 7.31. The van der Waals surface area contributed by atoms with E-state index in [-0.39, 0.29) is 11.4 Å². The second-order valence-corrected chi connectivity index (χ2v) is 5.06. The molecule has 1 unspecified atom stereocenters. The van der Waals surface area contributed by atoms with E-state index < -0.39 is 5.41 Å². The number of esters is 1. The summed E-state index contributed by atoms with van der Waals surface area (Å²) in [7, 11) is 1.42. The minimum absolute atomic E-state index is 0.0654. The van der Waals surface area contributed by atoms with Crippen molar-refractivity contribution in [1.29, 1.82) is 0 Å². The van der Waals surface area contributed by atoms with E-state index in [0.29, 0.717) is 0 Å². The number of terminal acetylenes is 1. The molecule has 0 aliphatic carbocycles. The molecule has 0 N–H and O–H groups in total. The van der Waals surface area contributed by atoms with Gasteiger partial charge in [-0.15, -0.1) is 6.42 Å². The average Bonchev–Trinajstić information content (AvgIpc) is 2.24. The number of ether oxygens (including phenoxy) is 1. The molecule has 0 saturated heterocycles. The molecule has 0 aliphatic heterocycles. The summed E-state index contributed by atoms with van der Waals surface area (Å²) < 4.78 is 4.81. The zero-order chi connectivity index (χ0) is 12.8. The summed E-state index contributed by atoms with van der Waals surface area (Å²) in [4.78, 5) is 11.6. The zero-order valence-corrected chi connectivity index (χ0v) is 11.0. The molecule has 1 atom stereocenters. The van der Waals surface area contributed by atoms with Gasteiger partial charge in [0.05, 0.1) is 12.5 Å². The van der Waals surface area contributed by atoms with Gasteiger partial charge in [-0.1, -0.05) is 25.8 Å². The molecule has 0 amide bonds. The van der Waals surface area contributed by atoms with Crippen LogP contribution in [0.4, 0.5) is 0 Å². The molecular weight excluding hydrogens is 200 g/mol. The Morgan fingerprint density at radius 2 is 2.00 bits per heavy atom. The van der Waals surface area contributed by atoms with E-state index in [4.69, 9.17) is 11.2 Å². The molecule has 0 bridgehead atoms. The van der Waals surface area contributed by atoms with E-state index in [1.54, 1.807) is 6.08 Å². The molecule has 0 radical (unpaired) electrons. The lowest BCUT2D eigenvalue weighted by molar-refractivity contribution is -0.152. The number of rotatable bonds is 5. The summed E-state index contributed by atoms with van der Waals surface area (Å²) in [6.07, 6.45) is 10.6. The molecule has 0 spiro atoms. The molecule has 0 aromatic heterocycles. The van der Waals surface area contributed by atoms with Crippen LogP contribution in [-0.2, 0) is 9.53 Å². The normalized spacial score (nSPS) is 15.5. The monoisotopic (exact) mass is 222 g/mol. The van der Waals surface area contributed by atoms with Gasteiger partial charge in [-0.2, -0.15) is 0 Å². The van der Waals surface area contributed by atoms with Crippen LogP contribution in [0.15, 0.2) is 12.2 Å². The van der Waals surface area contributed by atoms with Crippen molar-refractivity contribution in [2.45, 2.75) is 40.5 Å². The standard InChI is InChI=1S/C14H22O2/c1-7-9-10-14(5,8-2)11-13(3,4)12(15)16-6/h1,9-10H,8,11H2,2-6H3. The van der Waals surface area contributed by atoms with Crippen molar-refractivity contribution >= 4 is 5.97 Å². The lowest BCUT2D eigenvalue weighted by Gasteiger charge is -2.32. The molecule has 0 saturated carbocycles. The molecule has 16 heavy (non-hydrogen) atoms. The van der Waals surface area contributed by atoms with Crippen LogP contribution in [0.1, 0.15) is 40.5 Å². The maximum absolute atomic E-state index is 11.6. The Morgan fingerprint density at radius 3 is 2.38 bits per heavy atom. The third kappa shape index (κ3) is 4.10. The zero-order valence-electron chi connectivity index (χ0n) is 11.0. The minimum Gasteiger partial charge on any atom is -0.469 e. The highest BCUT2D eigenvalue weighted by Crippen LogP contribution is 2.38. The van der Waals surface area contributed by atoms with Crippen LogP contribution in [0.3, 0.4) is 0 Å². The third-order valence-corrected chi connectivity index (χ3v) is 2.97. The van der Waals surface area contributed by atoms with Gasteiger partial charge in [-0.05, 0) is 38.2 Å². The van der Waals surface area contributed by atoms with Gasteiger partial charge in [0.25, 0.3) is 0 Å². The Hall–Kier alpha value is -1.23. The fourth-order valence-corrected chi connectivity index (χ4v) is 1.91. The SMILES string of the molecule is C#CC=CC(C)(CC)CC(C)(C)C(=O)OC. The Morgan fingerprint density at radius 1 is 1.44 bits per heavy atom. The summed E-state index contributed by atoms with van der Waals surface area (Å²) >= 11 is 0. The van der Waals surface area contributed by atoms with E-state index in [1.807, 2.05) is 19.9 Å². The number of allylic oxidation sites excluding steroid dienone is 2. The molecular formula is C14H22O2. The van der Waals surface area contributed by atoms with Gasteiger partial charge < -0.3 is 4.74 Å². The number of methoxy groups -OCH3 is 1. The summed E-state index contributed by atoms with van der Waals surface area (Å²) in [5.41, 5.74) is -0.553. The largest absolute Gasteiger partial charge is 0.469 e. The van der Waals surface area contributed by atoms with Crippen molar-refractivity contribution < 1.29 is 9.53 Å². The van der Waals surface area contributed by atoms with Crippen molar-refractivity contribution in [3.63, 3.8) is 0 Å². The topological polar surface area (TPSA) is 26.3 Å². The van der Waals surface area contributed by atoms with Crippen LogP contribution in [0.25, 0.3) is 0 Å². The first-order valence-electron chi connectivity index (χ1n) is 5.53. The van der Waals surface area contributed by atoms with E-state index in [9.17, 15) is 4.79 Å². The second kappa shape index (κ2) is 5.75. The molecule has 0 heterocycles. The molecule has 0 aromatic rings. The Kier molecular flexibility index (Phi) is 5.30. The van der Waals surface area contributed by atoms with Crippen molar-refractivity contribution in [2.75, 3.05) is 7.11 Å².